The fraction of sp³-hybridized carbons (Fsp3) is 0.278. The molecule has 3 aromatic rings. The van der Waals surface area contributed by atoms with Crippen molar-refractivity contribution in [3.8, 4) is 0 Å². The van der Waals surface area contributed by atoms with Crippen molar-refractivity contribution in [2.24, 2.45) is 10.8 Å². The number of nitrogens with zero attached hydrogens (tertiary/aromatic N) is 6. The van der Waals surface area contributed by atoms with E-state index in [4.69, 9.17) is 10.8 Å². The highest BCUT2D eigenvalue weighted by atomic mass is 32.2. The highest BCUT2D eigenvalue weighted by Crippen LogP contribution is 2.31. The van der Waals surface area contributed by atoms with Crippen LogP contribution >= 0.6 is 11.8 Å². The maximum atomic E-state index is 6.28. The van der Waals surface area contributed by atoms with Crippen molar-refractivity contribution < 1.29 is 0 Å². The molecule has 1 aliphatic rings. The third-order valence-corrected chi connectivity index (χ3v) is 5.34. The summed E-state index contributed by atoms with van der Waals surface area (Å²) in [5.41, 5.74) is 8.18. The van der Waals surface area contributed by atoms with E-state index in [1.165, 1.54) is 17.3 Å². The third kappa shape index (κ3) is 3.38. The molecule has 2 N–H and O–H groups in total. The van der Waals surface area contributed by atoms with Gasteiger partial charge in [0.25, 0.3) is 0 Å². The van der Waals surface area contributed by atoms with Gasteiger partial charge in [0.15, 0.2) is 11.3 Å². The normalized spacial score (nSPS) is 18.2. The first-order valence-corrected chi connectivity index (χ1v) is 9.37. The summed E-state index contributed by atoms with van der Waals surface area (Å²) in [6, 6.07) is 14.2. The lowest BCUT2D eigenvalue weighted by Gasteiger charge is -2.15. The number of hydrogen-bond acceptors (Lipinski definition) is 6. The molecule has 1 aliphatic heterocycles. The van der Waals surface area contributed by atoms with E-state index in [0.717, 1.165) is 23.1 Å². The Morgan fingerprint density at radius 3 is 2.65 bits per heavy atom. The minimum absolute atomic E-state index is 0.0381. The van der Waals surface area contributed by atoms with Crippen molar-refractivity contribution in [3.63, 3.8) is 0 Å². The SMILES string of the molecule is Cc1ccn(C(C)C2=NN(c3ccn(Cc4ccccc4)n3)C(N)S2)n1. The van der Waals surface area contributed by atoms with E-state index >= 15 is 0 Å². The van der Waals surface area contributed by atoms with Crippen molar-refractivity contribution >= 4 is 22.6 Å². The second kappa shape index (κ2) is 6.97. The zero-order chi connectivity index (χ0) is 18.1. The fourth-order valence-corrected chi connectivity index (χ4v) is 3.76. The number of benzene rings is 1. The van der Waals surface area contributed by atoms with Gasteiger partial charge in [-0.15, -0.1) is 0 Å². The Bertz CT molecular complexity index is 915. The van der Waals surface area contributed by atoms with Gasteiger partial charge in [0.2, 0.25) is 0 Å². The molecule has 7 nitrogen and oxygen atoms in total. The van der Waals surface area contributed by atoms with Crippen LogP contribution in [0.25, 0.3) is 0 Å². The fourth-order valence-electron chi connectivity index (χ4n) is 2.82. The summed E-state index contributed by atoms with van der Waals surface area (Å²) < 4.78 is 3.81. The van der Waals surface area contributed by atoms with Gasteiger partial charge in [0.1, 0.15) is 5.04 Å². The number of aromatic nitrogens is 4. The first-order chi connectivity index (χ1) is 12.6. The molecular weight excluding hydrogens is 346 g/mol. The second-order valence-corrected chi connectivity index (χ2v) is 7.40. The number of hydrazone groups is 1. The zero-order valence-electron chi connectivity index (χ0n) is 14.7. The molecule has 0 saturated heterocycles. The molecule has 2 unspecified atom stereocenters. The largest absolute Gasteiger partial charge is 0.301 e. The number of hydrogen-bond donors (Lipinski definition) is 1. The van der Waals surface area contributed by atoms with Crippen LogP contribution in [-0.4, -0.2) is 30.1 Å². The van der Waals surface area contributed by atoms with Crippen LogP contribution in [-0.2, 0) is 6.54 Å². The maximum Gasteiger partial charge on any atom is 0.173 e. The lowest BCUT2D eigenvalue weighted by molar-refractivity contribution is 0.607. The van der Waals surface area contributed by atoms with E-state index < -0.39 is 0 Å². The van der Waals surface area contributed by atoms with Gasteiger partial charge in [-0.3, -0.25) is 9.36 Å². The number of anilines is 1. The molecule has 0 bridgehead atoms. The van der Waals surface area contributed by atoms with Gasteiger partial charge in [-0.25, -0.2) is 5.01 Å². The van der Waals surface area contributed by atoms with Gasteiger partial charge < -0.3 is 5.73 Å². The minimum Gasteiger partial charge on any atom is -0.301 e. The van der Waals surface area contributed by atoms with Crippen molar-refractivity contribution in [1.82, 2.24) is 19.6 Å². The predicted octanol–water partition coefficient (Wildman–Crippen LogP) is 2.81. The number of rotatable bonds is 5. The summed E-state index contributed by atoms with van der Waals surface area (Å²) in [6.07, 6.45) is 3.92. The van der Waals surface area contributed by atoms with Crippen LogP contribution in [0.1, 0.15) is 24.2 Å². The molecule has 2 aromatic heterocycles. The topological polar surface area (TPSA) is 77.3 Å². The summed E-state index contributed by atoms with van der Waals surface area (Å²) in [7, 11) is 0. The summed E-state index contributed by atoms with van der Waals surface area (Å²) in [4.78, 5) is 0. The van der Waals surface area contributed by atoms with Crippen LogP contribution in [0.3, 0.4) is 0 Å². The van der Waals surface area contributed by atoms with Crippen molar-refractivity contribution in [2.45, 2.75) is 31.9 Å². The smallest absolute Gasteiger partial charge is 0.173 e. The zero-order valence-corrected chi connectivity index (χ0v) is 15.5. The van der Waals surface area contributed by atoms with E-state index in [9.17, 15) is 0 Å². The molecule has 26 heavy (non-hydrogen) atoms. The van der Waals surface area contributed by atoms with Crippen LogP contribution in [0, 0.1) is 6.92 Å². The molecule has 2 atom stereocenters. The Hall–Kier alpha value is -2.58. The minimum atomic E-state index is -0.288. The molecule has 4 rings (SSSR count). The Labute approximate surface area is 156 Å². The lowest BCUT2D eigenvalue weighted by Crippen LogP contribution is -2.32. The molecule has 0 amide bonds. The molecule has 0 spiro atoms. The van der Waals surface area contributed by atoms with Gasteiger partial charge in [0, 0.05) is 18.5 Å². The van der Waals surface area contributed by atoms with Gasteiger partial charge >= 0.3 is 0 Å². The average Bonchev–Trinajstić information content (AvgIpc) is 3.35. The Kier molecular flexibility index (Phi) is 4.52. The average molecular weight is 367 g/mol. The van der Waals surface area contributed by atoms with Gasteiger partial charge in [-0.1, -0.05) is 42.1 Å². The number of nitrogens with two attached hydrogens (primary N) is 1. The third-order valence-electron chi connectivity index (χ3n) is 4.23. The van der Waals surface area contributed by atoms with E-state index in [1.807, 2.05) is 59.0 Å². The Morgan fingerprint density at radius 2 is 1.92 bits per heavy atom. The molecule has 0 radical (unpaired) electrons. The Balaban J connectivity index is 1.51. The first-order valence-electron chi connectivity index (χ1n) is 8.49. The molecule has 0 saturated carbocycles. The summed E-state index contributed by atoms with van der Waals surface area (Å²) in [5, 5.41) is 16.5. The highest BCUT2D eigenvalue weighted by Gasteiger charge is 2.30. The van der Waals surface area contributed by atoms with Gasteiger partial charge in [0.05, 0.1) is 18.3 Å². The summed E-state index contributed by atoms with van der Waals surface area (Å²) >= 11 is 1.54. The second-order valence-electron chi connectivity index (χ2n) is 6.26. The van der Waals surface area contributed by atoms with Crippen LogP contribution in [0.2, 0.25) is 0 Å². The van der Waals surface area contributed by atoms with Crippen LogP contribution < -0.4 is 10.7 Å². The molecular formula is C18H21N7S. The van der Waals surface area contributed by atoms with Crippen molar-refractivity contribution in [3.05, 3.63) is 66.1 Å². The van der Waals surface area contributed by atoms with Crippen LogP contribution in [0.5, 0.6) is 0 Å². The first kappa shape index (κ1) is 16.9. The quantitative estimate of drug-likeness (QED) is 0.750. The molecule has 1 aromatic carbocycles. The molecule has 134 valence electrons. The molecule has 0 aliphatic carbocycles. The lowest BCUT2D eigenvalue weighted by atomic mass is 10.2. The maximum absolute atomic E-state index is 6.28. The standard InChI is InChI=1S/C18H21N7S/c1-13-8-11-24(20-13)14(2)17-22-25(18(19)26-17)16-9-10-23(21-16)12-15-6-4-3-5-7-15/h3-11,14,18H,12,19H2,1-2H3. The van der Waals surface area contributed by atoms with E-state index in [-0.39, 0.29) is 11.5 Å². The predicted molar refractivity (Wildman–Crippen MR) is 105 cm³/mol. The van der Waals surface area contributed by atoms with Gasteiger partial charge in [-0.05, 0) is 25.5 Å². The highest BCUT2D eigenvalue weighted by molar-refractivity contribution is 8.14. The van der Waals surface area contributed by atoms with Crippen molar-refractivity contribution in [2.75, 3.05) is 5.01 Å². The van der Waals surface area contributed by atoms with E-state index in [0.29, 0.717) is 0 Å². The van der Waals surface area contributed by atoms with E-state index in [1.54, 1.807) is 5.01 Å². The van der Waals surface area contributed by atoms with Crippen molar-refractivity contribution in [1.29, 1.82) is 0 Å². The molecule has 3 heterocycles. The van der Waals surface area contributed by atoms with Gasteiger partial charge in [-0.2, -0.15) is 15.3 Å². The summed E-state index contributed by atoms with van der Waals surface area (Å²) in [5.74, 6) is 0.750. The molecule has 0 fully saturated rings. The van der Waals surface area contributed by atoms with E-state index in [2.05, 4.69) is 29.3 Å². The van der Waals surface area contributed by atoms with Crippen LogP contribution in [0.4, 0.5) is 5.82 Å². The molecule has 8 heteroatoms. The van der Waals surface area contributed by atoms with Crippen LogP contribution in [0.15, 0.2) is 60.0 Å². The number of thioether (sulfide) groups is 1. The Morgan fingerprint density at radius 1 is 1.12 bits per heavy atom. The number of aryl methyl sites for hydroxylation is 1. The summed E-state index contributed by atoms with van der Waals surface area (Å²) in [6.45, 7) is 4.77. The monoisotopic (exact) mass is 367 g/mol.